The van der Waals surface area contributed by atoms with Crippen molar-refractivity contribution in [2.45, 2.75) is 6.54 Å². The van der Waals surface area contributed by atoms with Crippen LogP contribution in [-0.2, 0) is 11.3 Å². The summed E-state index contributed by atoms with van der Waals surface area (Å²) < 4.78 is 0.687. The number of hydrogen-bond acceptors (Lipinski definition) is 5. The summed E-state index contributed by atoms with van der Waals surface area (Å²) in [7, 11) is 1.78. The SMILES string of the molecule is CN(CC(=O)Nc1cc(Cl)ccc1[N+](=O)[O-])Cc1ccc(Cl)s1. The highest BCUT2D eigenvalue weighted by Crippen LogP contribution is 2.27. The largest absolute Gasteiger partial charge is 0.319 e. The molecule has 2 rings (SSSR count). The number of nitrogens with zero attached hydrogens (tertiary/aromatic N) is 2. The number of nitrogens with one attached hydrogen (secondary N) is 1. The van der Waals surface area contributed by atoms with Gasteiger partial charge in [-0.2, -0.15) is 0 Å². The molecule has 23 heavy (non-hydrogen) atoms. The number of rotatable bonds is 6. The number of halogens is 2. The molecule has 9 heteroatoms. The van der Waals surface area contributed by atoms with Gasteiger partial charge in [0.05, 0.1) is 15.8 Å². The van der Waals surface area contributed by atoms with Gasteiger partial charge >= 0.3 is 0 Å². The summed E-state index contributed by atoms with van der Waals surface area (Å²) in [5, 5.41) is 13.8. The molecule has 2 aromatic rings. The Hall–Kier alpha value is -1.67. The third kappa shape index (κ3) is 5.18. The van der Waals surface area contributed by atoms with Crippen LogP contribution in [0.25, 0.3) is 0 Å². The van der Waals surface area contributed by atoms with Gasteiger partial charge in [0.2, 0.25) is 5.91 Å². The van der Waals surface area contributed by atoms with E-state index in [9.17, 15) is 14.9 Å². The molecule has 122 valence electrons. The summed E-state index contributed by atoms with van der Waals surface area (Å²) in [6.07, 6.45) is 0. The van der Waals surface area contributed by atoms with Crippen molar-refractivity contribution in [2.75, 3.05) is 18.9 Å². The minimum absolute atomic E-state index is 0.0825. The first-order chi connectivity index (χ1) is 10.8. The van der Waals surface area contributed by atoms with Crippen molar-refractivity contribution >= 4 is 51.8 Å². The maximum absolute atomic E-state index is 12.1. The number of nitro benzene ring substituents is 1. The predicted molar refractivity (Wildman–Crippen MR) is 92.4 cm³/mol. The maximum atomic E-state index is 12.1. The Balaban J connectivity index is 1.99. The van der Waals surface area contributed by atoms with Crippen LogP contribution in [0.3, 0.4) is 0 Å². The molecule has 0 saturated carbocycles. The van der Waals surface area contributed by atoms with Crippen LogP contribution >= 0.6 is 34.5 Å². The molecule has 1 aromatic heterocycles. The average molecular weight is 374 g/mol. The zero-order valence-corrected chi connectivity index (χ0v) is 14.4. The highest BCUT2D eigenvalue weighted by atomic mass is 35.5. The third-order valence-electron chi connectivity index (χ3n) is 2.90. The molecule has 1 heterocycles. The lowest BCUT2D eigenvalue weighted by Gasteiger charge is -2.15. The number of nitro groups is 1. The minimum atomic E-state index is -0.566. The molecule has 1 aromatic carbocycles. The first-order valence-corrected chi connectivity index (χ1v) is 8.09. The monoisotopic (exact) mass is 373 g/mol. The minimum Gasteiger partial charge on any atom is -0.319 e. The summed E-state index contributed by atoms with van der Waals surface area (Å²) >= 11 is 13.1. The number of carbonyl (C=O) groups is 1. The molecule has 1 N–H and O–H groups in total. The molecule has 0 saturated heterocycles. The van der Waals surface area contributed by atoms with Gasteiger partial charge in [-0.3, -0.25) is 19.8 Å². The van der Waals surface area contributed by atoms with E-state index >= 15 is 0 Å². The van der Waals surface area contributed by atoms with Crippen LogP contribution < -0.4 is 5.32 Å². The smallest absolute Gasteiger partial charge is 0.292 e. The zero-order valence-electron chi connectivity index (χ0n) is 12.1. The maximum Gasteiger partial charge on any atom is 0.292 e. The van der Waals surface area contributed by atoms with Gasteiger partial charge in [-0.15, -0.1) is 11.3 Å². The van der Waals surface area contributed by atoms with Crippen LogP contribution in [0.2, 0.25) is 9.36 Å². The van der Waals surface area contributed by atoms with Crippen molar-refractivity contribution in [3.05, 3.63) is 54.7 Å². The molecular weight excluding hydrogens is 361 g/mol. The predicted octanol–water partition coefficient (Wildman–Crippen LogP) is 4.03. The lowest BCUT2D eigenvalue weighted by atomic mass is 10.2. The molecule has 0 atom stereocenters. The van der Waals surface area contributed by atoms with Gasteiger partial charge in [0.1, 0.15) is 5.69 Å². The molecule has 0 aliphatic heterocycles. The third-order valence-corrected chi connectivity index (χ3v) is 4.35. The zero-order chi connectivity index (χ0) is 17.0. The van der Waals surface area contributed by atoms with Gasteiger partial charge in [-0.25, -0.2) is 0 Å². The van der Waals surface area contributed by atoms with Crippen LogP contribution in [-0.4, -0.2) is 29.3 Å². The molecule has 0 aliphatic carbocycles. The fraction of sp³-hybridized carbons (Fsp3) is 0.214. The van der Waals surface area contributed by atoms with E-state index in [0.29, 0.717) is 15.9 Å². The van der Waals surface area contributed by atoms with Crippen LogP contribution in [0.15, 0.2) is 30.3 Å². The van der Waals surface area contributed by atoms with E-state index in [1.165, 1.54) is 29.5 Å². The Labute approximate surface area is 146 Å². The Morgan fingerprint density at radius 1 is 1.35 bits per heavy atom. The van der Waals surface area contributed by atoms with Crippen molar-refractivity contribution in [3.63, 3.8) is 0 Å². The van der Waals surface area contributed by atoms with Crippen molar-refractivity contribution in [2.24, 2.45) is 0 Å². The number of anilines is 1. The first-order valence-electron chi connectivity index (χ1n) is 6.51. The Bertz CT molecular complexity index is 736. The van der Waals surface area contributed by atoms with E-state index in [2.05, 4.69) is 5.32 Å². The Kier molecular flexibility index (Phi) is 5.95. The fourth-order valence-corrected chi connectivity index (χ4v) is 3.30. The lowest BCUT2D eigenvalue weighted by Crippen LogP contribution is -2.29. The van der Waals surface area contributed by atoms with Gasteiger partial charge < -0.3 is 5.32 Å². The van der Waals surface area contributed by atoms with E-state index in [4.69, 9.17) is 23.2 Å². The number of likely N-dealkylation sites (N-methyl/N-ethyl adjacent to an activating group) is 1. The topological polar surface area (TPSA) is 75.5 Å². The number of amides is 1. The van der Waals surface area contributed by atoms with Crippen molar-refractivity contribution in [3.8, 4) is 0 Å². The summed E-state index contributed by atoms with van der Waals surface area (Å²) in [6.45, 7) is 0.641. The van der Waals surface area contributed by atoms with Gasteiger partial charge in [0, 0.05) is 22.5 Å². The van der Waals surface area contributed by atoms with E-state index in [1.807, 2.05) is 6.07 Å². The fourth-order valence-electron chi connectivity index (χ4n) is 1.96. The molecule has 0 bridgehead atoms. The normalized spacial score (nSPS) is 10.8. The molecule has 0 aliphatic rings. The molecule has 0 fully saturated rings. The van der Waals surface area contributed by atoms with Crippen molar-refractivity contribution < 1.29 is 9.72 Å². The van der Waals surface area contributed by atoms with Gasteiger partial charge in [0.15, 0.2) is 0 Å². The summed E-state index contributed by atoms with van der Waals surface area (Å²) in [5.41, 5.74) is -0.115. The second-order valence-electron chi connectivity index (χ2n) is 4.84. The standard InChI is InChI=1S/C14H13Cl2N3O3S/c1-18(7-10-3-5-13(16)23-10)8-14(20)17-11-6-9(15)2-4-12(11)19(21)22/h2-6H,7-8H2,1H3,(H,17,20). The van der Waals surface area contributed by atoms with Gasteiger partial charge in [0.25, 0.3) is 5.69 Å². The molecule has 0 spiro atoms. The second kappa shape index (κ2) is 7.74. The van der Waals surface area contributed by atoms with Crippen LogP contribution in [0.5, 0.6) is 0 Å². The van der Waals surface area contributed by atoms with Crippen LogP contribution in [0.1, 0.15) is 4.88 Å². The molecular formula is C14H13Cl2N3O3S. The highest BCUT2D eigenvalue weighted by Gasteiger charge is 2.17. The summed E-state index contributed by atoms with van der Waals surface area (Å²) in [5.74, 6) is -0.361. The van der Waals surface area contributed by atoms with E-state index in [0.717, 1.165) is 4.88 Å². The second-order valence-corrected chi connectivity index (χ2v) is 7.08. The summed E-state index contributed by atoms with van der Waals surface area (Å²) in [6, 6.07) is 7.71. The number of carbonyl (C=O) groups excluding carboxylic acids is 1. The number of benzene rings is 1. The molecule has 6 nitrogen and oxygen atoms in total. The van der Waals surface area contributed by atoms with Crippen LogP contribution in [0.4, 0.5) is 11.4 Å². The van der Waals surface area contributed by atoms with Gasteiger partial charge in [-0.1, -0.05) is 23.2 Å². The first kappa shape index (κ1) is 17.7. The molecule has 0 radical (unpaired) electrons. The summed E-state index contributed by atoms with van der Waals surface area (Å²) in [4.78, 5) is 25.3. The van der Waals surface area contributed by atoms with E-state index in [-0.39, 0.29) is 23.8 Å². The molecule has 0 unspecified atom stereocenters. The average Bonchev–Trinajstić information content (AvgIpc) is 2.83. The van der Waals surface area contributed by atoms with Gasteiger partial charge in [-0.05, 0) is 31.3 Å². The van der Waals surface area contributed by atoms with E-state index < -0.39 is 4.92 Å². The van der Waals surface area contributed by atoms with Crippen LogP contribution in [0, 0.1) is 10.1 Å². The van der Waals surface area contributed by atoms with Crippen molar-refractivity contribution in [1.82, 2.24) is 4.90 Å². The molecule has 1 amide bonds. The van der Waals surface area contributed by atoms with Crippen molar-refractivity contribution in [1.29, 1.82) is 0 Å². The quantitative estimate of drug-likeness (QED) is 0.612. The Morgan fingerprint density at radius 3 is 2.70 bits per heavy atom. The highest BCUT2D eigenvalue weighted by molar-refractivity contribution is 7.16. The number of thiophene rings is 1. The number of hydrogen-bond donors (Lipinski definition) is 1. The lowest BCUT2D eigenvalue weighted by molar-refractivity contribution is -0.383. The Morgan fingerprint density at radius 2 is 2.09 bits per heavy atom. The van der Waals surface area contributed by atoms with E-state index in [1.54, 1.807) is 18.0 Å².